The van der Waals surface area contributed by atoms with Gasteiger partial charge in [-0.3, -0.25) is 4.90 Å². The fourth-order valence-corrected chi connectivity index (χ4v) is 5.73. The number of nitrogens with zero attached hydrogens (tertiary/aromatic N) is 7. The third-order valence-corrected chi connectivity index (χ3v) is 7.70. The minimum absolute atomic E-state index is 0.00757. The summed E-state index contributed by atoms with van der Waals surface area (Å²) in [6.45, 7) is 6.43. The number of benzene rings is 3. The molecule has 1 aliphatic rings. The Morgan fingerprint density at radius 3 is 2.37 bits per heavy atom. The highest BCUT2D eigenvalue weighted by molar-refractivity contribution is 7.22. The molecule has 35 heavy (non-hydrogen) atoms. The molecule has 0 radical (unpaired) electrons. The Morgan fingerprint density at radius 2 is 1.60 bits per heavy atom. The van der Waals surface area contributed by atoms with E-state index in [-0.39, 0.29) is 6.04 Å². The summed E-state index contributed by atoms with van der Waals surface area (Å²) in [5.41, 5.74) is 4.72. The smallest absolute Gasteiger partial charge is 0.186 e. The van der Waals surface area contributed by atoms with E-state index < -0.39 is 0 Å². The van der Waals surface area contributed by atoms with Crippen molar-refractivity contribution in [1.29, 1.82) is 0 Å². The van der Waals surface area contributed by atoms with Crippen molar-refractivity contribution in [2.24, 2.45) is 0 Å². The van der Waals surface area contributed by atoms with E-state index in [1.54, 1.807) is 11.3 Å². The monoisotopic (exact) mass is 481 g/mol. The van der Waals surface area contributed by atoms with Gasteiger partial charge in [0.05, 0.1) is 22.8 Å². The minimum Gasteiger partial charge on any atom is -0.345 e. The molecule has 0 amide bonds. The summed E-state index contributed by atoms with van der Waals surface area (Å²) in [5, 5.41) is 14.1. The normalized spacial score (nSPS) is 15.5. The second kappa shape index (κ2) is 9.56. The molecule has 1 fully saturated rings. The predicted octanol–water partition coefficient (Wildman–Crippen LogP) is 4.55. The number of aromatic nitrogens is 5. The SMILES string of the molecule is Cc1ccc([C@H](c2nnnn2Cc2ccccc2)N2CCN(c3nc4ccccc4s3)CC2)cc1. The Hall–Kier alpha value is -3.62. The molecule has 0 spiro atoms. The van der Waals surface area contributed by atoms with Crippen LogP contribution in [-0.2, 0) is 6.54 Å². The van der Waals surface area contributed by atoms with Gasteiger partial charge in [-0.25, -0.2) is 9.67 Å². The number of anilines is 1. The summed E-state index contributed by atoms with van der Waals surface area (Å²) in [4.78, 5) is 9.78. The van der Waals surface area contributed by atoms with Crippen LogP contribution in [0.1, 0.15) is 28.6 Å². The molecule has 1 atom stereocenters. The van der Waals surface area contributed by atoms with Crippen molar-refractivity contribution >= 4 is 26.7 Å². The van der Waals surface area contributed by atoms with Gasteiger partial charge in [0.15, 0.2) is 11.0 Å². The number of para-hydroxylation sites is 1. The van der Waals surface area contributed by atoms with E-state index in [4.69, 9.17) is 4.98 Å². The quantitative estimate of drug-likeness (QED) is 0.355. The van der Waals surface area contributed by atoms with Gasteiger partial charge in [0.25, 0.3) is 0 Å². The Morgan fingerprint density at radius 1 is 0.857 bits per heavy atom. The molecule has 7 nitrogen and oxygen atoms in total. The van der Waals surface area contributed by atoms with Crippen LogP contribution in [0.3, 0.4) is 0 Å². The molecule has 6 rings (SSSR count). The van der Waals surface area contributed by atoms with Gasteiger partial charge in [-0.2, -0.15) is 0 Å². The van der Waals surface area contributed by atoms with Crippen LogP contribution in [0.4, 0.5) is 5.13 Å². The van der Waals surface area contributed by atoms with Gasteiger partial charge in [-0.1, -0.05) is 83.6 Å². The standard InChI is InChI=1S/C27H27N7S/c1-20-11-13-22(14-12-20)25(26-29-30-31-34(26)19-21-7-3-2-4-8-21)32-15-17-33(18-16-32)27-28-23-9-5-6-10-24(23)35-27/h2-14,25H,15-19H2,1H3/t25-/m1/s1. The molecule has 3 aromatic carbocycles. The fourth-order valence-electron chi connectivity index (χ4n) is 4.72. The summed E-state index contributed by atoms with van der Waals surface area (Å²) in [7, 11) is 0. The van der Waals surface area contributed by atoms with Gasteiger partial charge in [-0.05, 0) is 40.6 Å². The number of rotatable bonds is 6. The van der Waals surface area contributed by atoms with Crippen LogP contribution in [0, 0.1) is 6.92 Å². The Balaban J connectivity index is 1.27. The lowest BCUT2D eigenvalue weighted by Crippen LogP contribution is -2.48. The number of tetrazole rings is 1. The molecule has 0 aliphatic carbocycles. The predicted molar refractivity (Wildman–Crippen MR) is 140 cm³/mol. The van der Waals surface area contributed by atoms with Gasteiger partial charge in [-0.15, -0.1) is 5.10 Å². The minimum atomic E-state index is -0.00757. The molecule has 0 saturated carbocycles. The van der Waals surface area contributed by atoms with Crippen LogP contribution in [-0.4, -0.2) is 56.3 Å². The van der Waals surface area contributed by atoms with Crippen LogP contribution in [0.25, 0.3) is 10.2 Å². The van der Waals surface area contributed by atoms with Crippen molar-refractivity contribution in [3.05, 3.63) is 101 Å². The Bertz CT molecular complexity index is 1370. The number of fused-ring (bicyclic) bond motifs is 1. The van der Waals surface area contributed by atoms with Crippen molar-refractivity contribution in [3.63, 3.8) is 0 Å². The molecule has 8 heteroatoms. The lowest BCUT2D eigenvalue weighted by Gasteiger charge is -2.38. The van der Waals surface area contributed by atoms with Crippen LogP contribution in [0.5, 0.6) is 0 Å². The zero-order valence-corrected chi connectivity index (χ0v) is 20.5. The topological polar surface area (TPSA) is 63.0 Å². The van der Waals surface area contributed by atoms with Gasteiger partial charge in [0, 0.05) is 26.2 Å². The Kier molecular flexibility index (Phi) is 5.98. The average molecular weight is 482 g/mol. The van der Waals surface area contributed by atoms with Crippen LogP contribution in [0.2, 0.25) is 0 Å². The molecule has 1 aliphatic heterocycles. The lowest BCUT2D eigenvalue weighted by atomic mass is 10.0. The summed E-state index contributed by atoms with van der Waals surface area (Å²) >= 11 is 1.77. The van der Waals surface area contributed by atoms with E-state index in [9.17, 15) is 0 Å². The van der Waals surface area contributed by atoms with E-state index in [0.717, 1.165) is 42.7 Å². The summed E-state index contributed by atoms with van der Waals surface area (Å²) in [6, 6.07) is 27.5. The second-order valence-corrected chi connectivity index (χ2v) is 9.99. The van der Waals surface area contributed by atoms with Crippen molar-refractivity contribution in [1.82, 2.24) is 30.1 Å². The first-order chi connectivity index (χ1) is 17.2. The summed E-state index contributed by atoms with van der Waals surface area (Å²) in [6.07, 6.45) is 0. The third-order valence-electron chi connectivity index (χ3n) is 6.60. The number of aryl methyl sites for hydroxylation is 1. The molecule has 176 valence electrons. The number of hydrogen-bond donors (Lipinski definition) is 0. The summed E-state index contributed by atoms with van der Waals surface area (Å²) < 4.78 is 3.18. The van der Waals surface area contributed by atoms with Crippen LogP contribution >= 0.6 is 11.3 Å². The zero-order valence-electron chi connectivity index (χ0n) is 19.7. The Labute approximate surface area is 208 Å². The van der Waals surface area contributed by atoms with E-state index in [0.29, 0.717) is 6.54 Å². The molecule has 1 saturated heterocycles. The van der Waals surface area contributed by atoms with E-state index in [2.05, 4.69) is 105 Å². The van der Waals surface area contributed by atoms with E-state index in [1.165, 1.54) is 21.4 Å². The van der Waals surface area contributed by atoms with Gasteiger partial charge in [0.1, 0.15) is 0 Å². The highest BCUT2D eigenvalue weighted by Gasteiger charge is 2.31. The van der Waals surface area contributed by atoms with E-state index >= 15 is 0 Å². The van der Waals surface area contributed by atoms with Crippen molar-refractivity contribution in [2.75, 3.05) is 31.1 Å². The zero-order chi connectivity index (χ0) is 23.6. The molecule has 0 N–H and O–H groups in total. The first kappa shape index (κ1) is 21.9. The highest BCUT2D eigenvalue weighted by atomic mass is 32.1. The molecule has 5 aromatic rings. The van der Waals surface area contributed by atoms with Crippen molar-refractivity contribution < 1.29 is 0 Å². The summed E-state index contributed by atoms with van der Waals surface area (Å²) in [5.74, 6) is 0.881. The van der Waals surface area contributed by atoms with Gasteiger partial charge < -0.3 is 4.90 Å². The van der Waals surface area contributed by atoms with Crippen molar-refractivity contribution in [2.45, 2.75) is 19.5 Å². The third kappa shape index (κ3) is 4.54. The number of piperazine rings is 1. The maximum absolute atomic E-state index is 4.87. The molecule has 0 bridgehead atoms. The lowest BCUT2D eigenvalue weighted by molar-refractivity contribution is 0.201. The maximum atomic E-state index is 4.87. The molecular formula is C27H27N7S. The first-order valence-corrected chi connectivity index (χ1v) is 12.8. The number of thiazole rings is 1. The van der Waals surface area contributed by atoms with Crippen molar-refractivity contribution in [3.8, 4) is 0 Å². The molecular weight excluding hydrogens is 454 g/mol. The fraction of sp³-hybridized carbons (Fsp3) is 0.259. The van der Waals surface area contributed by atoms with Gasteiger partial charge >= 0.3 is 0 Å². The maximum Gasteiger partial charge on any atom is 0.186 e. The van der Waals surface area contributed by atoms with Gasteiger partial charge in [0.2, 0.25) is 0 Å². The molecule has 2 aromatic heterocycles. The van der Waals surface area contributed by atoms with Crippen LogP contribution < -0.4 is 4.90 Å². The average Bonchev–Trinajstić information content (AvgIpc) is 3.54. The number of hydrogen-bond acceptors (Lipinski definition) is 7. The molecule has 3 heterocycles. The second-order valence-electron chi connectivity index (χ2n) is 8.98. The highest BCUT2D eigenvalue weighted by Crippen LogP contribution is 2.32. The molecule has 0 unspecified atom stereocenters. The largest absolute Gasteiger partial charge is 0.345 e. The first-order valence-electron chi connectivity index (χ1n) is 12.0. The van der Waals surface area contributed by atoms with E-state index in [1.807, 2.05) is 10.7 Å². The van der Waals surface area contributed by atoms with Crippen LogP contribution in [0.15, 0.2) is 78.9 Å².